The van der Waals surface area contributed by atoms with Gasteiger partial charge in [-0.1, -0.05) is 6.07 Å². The van der Waals surface area contributed by atoms with Gasteiger partial charge in [0.15, 0.2) is 11.5 Å². The second-order valence-corrected chi connectivity index (χ2v) is 4.54. The second-order valence-electron chi connectivity index (χ2n) is 4.54. The van der Waals surface area contributed by atoms with Crippen molar-refractivity contribution in [3.8, 4) is 11.5 Å². The molecule has 0 aromatic heterocycles. The number of ether oxygens (including phenoxy) is 3. The van der Waals surface area contributed by atoms with Gasteiger partial charge in [0.1, 0.15) is 12.2 Å². The van der Waals surface area contributed by atoms with E-state index in [0.717, 1.165) is 0 Å². The Balaban J connectivity index is 2.09. The van der Waals surface area contributed by atoms with Gasteiger partial charge in [0.2, 0.25) is 0 Å². The molecule has 0 spiro atoms. The zero-order valence-corrected chi connectivity index (χ0v) is 12.6. The maximum atomic E-state index is 12.2. The SMILES string of the molecule is COc1cccc(C(=O)OCc2ccc([N+](=O)[O-])cc2)c1OC. The summed E-state index contributed by atoms with van der Waals surface area (Å²) in [6, 6.07) is 10.7. The summed E-state index contributed by atoms with van der Waals surface area (Å²) in [6.07, 6.45) is 0. The normalized spacial score (nSPS) is 10.0. The summed E-state index contributed by atoms with van der Waals surface area (Å²) >= 11 is 0. The number of rotatable bonds is 6. The van der Waals surface area contributed by atoms with Crippen LogP contribution in [0.4, 0.5) is 5.69 Å². The lowest BCUT2D eigenvalue weighted by Crippen LogP contribution is -2.08. The predicted octanol–water partition coefficient (Wildman–Crippen LogP) is 2.97. The van der Waals surface area contributed by atoms with Crippen LogP contribution < -0.4 is 9.47 Å². The van der Waals surface area contributed by atoms with E-state index in [0.29, 0.717) is 17.1 Å². The number of benzene rings is 2. The first-order valence-electron chi connectivity index (χ1n) is 6.68. The lowest BCUT2D eigenvalue weighted by atomic mass is 10.2. The van der Waals surface area contributed by atoms with Crippen LogP contribution in [0, 0.1) is 10.1 Å². The van der Waals surface area contributed by atoms with Gasteiger partial charge >= 0.3 is 5.97 Å². The fourth-order valence-corrected chi connectivity index (χ4v) is 1.99. The van der Waals surface area contributed by atoms with Gasteiger partial charge in [-0.15, -0.1) is 0 Å². The molecule has 0 atom stereocenters. The topological polar surface area (TPSA) is 87.9 Å². The Morgan fingerprint density at radius 1 is 1.09 bits per heavy atom. The fourth-order valence-electron chi connectivity index (χ4n) is 1.99. The molecule has 7 nitrogen and oxygen atoms in total. The van der Waals surface area contributed by atoms with Gasteiger partial charge in [-0.25, -0.2) is 4.79 Å². The molecule has 0 N–H and O–H groups in total. The summed E-state index contributed by atoms with van der Waals surface area (Å²) in [5.74, 6) is 0.153. The third-order valence-corrected chi connectivity index (χ3v) is 3.14. The molecule has 2 rings (SSSR count). The Morgan fingerprint density at radius 3 is 2.35 bits per heavy atom. The number of nitro benzene ring substituents is 1. The molecule has 0 amide bonds. The standard InChI is InChI=1S/C16H15NO6/c1-21-14-5-3-4-13(15(14)22-2)16(18)23-10-11-6-8-12(9-7-11)17(19)20/h3-9H,10H2,1-2H3. The smallest absolute Gasteiger partial charge is 0.342 e. The molecule has 0 fully saturated rings. The minimum absolute atomic E-state index is 0.00279. The number of carbonyl (C=O) groups excluding carboxylic acids is 1. The highest BCUT2D eigenvalue weighted by Crippen LogP contribution is 2.31. The van der Waals surface area contributed by atoms with Crippen LogP contribution in [0.25, 0.3) is 0 Å². The lowest BCUT2D eigenvalue weighted by Gasteiger charge is -2.12. The number of para-hydroxylation sites is 1. The van der Waals surface area contributed by atoms with Gasteiger partial charge < -0.3 is 14.2 Å². The Hall–Kier alpha value is -3.09. The van der Waals surface area contributed by atoms with E-state index in [1.165, 1.54) is 38.5 Å². The molecule has 0 aliphatic carbocycles. The number of carbonyl (C=O) groups is 1. The van der Waals surface area contributed by atoms with Crippen molar-refractivity contribution >= 4 is 11.7 Å². The summed E-state index contributed by atoms with van der Waals surface area (Å²) in [6.45, 7) is -0.00279. The molecule has 2 aromatic carbocycles. The number of nitro groups is 1. The number of hydrogen-bond acceptors (Lipinski definition) is 6. The van der Waals surface area contributed by atoms with Crippen LogP contribution in [-0.4, -0.2) is 25.1 Å². The van der Waals surface area contributed by atoms with Crippen LogP contribution in [0.2, 0.25) is 0 Å². The molecular weight excluding hydrogens is 302 g/mol. The van der Waals surface area contributed by atoms with Crippen molar-refractivity contribution in [1.82, 2.24) is 0 Å². The highest BCUT2D eigenvalue weighted by atomic mass is 16.6. The van der Waals surface area contributed by atoms with Crippen molar-refractivity contribution in [3.63, 3.8) is 0 Å². The van der Waals surface area contributed by atoms with Crippen molar-refractivity contribution in [1.29, 1.82) is 0 Å². The summed E-state index contributed by atoms with van der Waals surface area (Å²) in [5, 5.41) is 10.6. The van der Waals surface area contributed by atoms with Crippen molar-refractivity contribution < 1.29 is 23.9 Å². The Kier molecular flexibility index (Phi) is 5.14. The van der Waals surface area contributed by atoms with Crippen LogP contribution in [0.1, 0.15) is 15.9 Å². The average molecular weight is 317 g/mol. The molecule has 0 aliphatic heterocycles. The van der Waals surface area contributed by atoms with Gasteiger partial charge in [-0.05, 0) is 29.8 Å². The first-order valence-corrected chi connectivity index (χ1v) is 6.68. The number of esters is 1. The van der Waals surface area contributed by atoms with Crippen molar-refractivity contribution in [2.45, 2.75) is 6.61 Å². The summed E-state index contributed by atoms with van der Waals surface area (Å²) in [4.78, 5) is 22.3. The molecule has 23 heavy (non-hydrogen) atoms. The first-order chi connectivity index (χ1) is 11.1. The molecule has 0 aliphatic rings. The van der Waals surface area contributed by atoms with Crippen LogP contribution in [0.5, 0.6) is 11.5 Å². The largest absolute Gasteiger partial charge is 0.493 e. The Morgan fingerprint density at radius 2 is 1.78 bits per heavy atom. The maximum Gasteiger partial charge on any atom is 0.342 e. The van der Waals surface area contributed by atoms with E-state index in [1.807, 2.05) is 0 Å². The highest BCUT2D eigenvalue weighted by molar-refractivity contribution is 5.93. The second kappa shape index (κ2) is 7.26. The first kappa shape index (κ1) is 16.3. The van der Waals surface area contributed by atoms with Crippen LogP contribution in [0.15, 0.2) is 42.5 Å². The van der Waals surface area contributed by atoms with E-state index in [-0.39, 0.29) is 17.9 Å². The van der Waals surface area contributed by atoms with Gasteiger partial charge in [-0.3, -0.25) is 10.1 Å². The van der Waals surface area contributed by atoms with Crippen molar-refractivity contribution in [2.75, 3.05) is 14.2 Å². The lowest BCUT2D eigenvalue weighted by molar-refractivity contribution is -0.384. The third kappa shape index (κ3) is 3.76. The van der Waals surface area contributed by atoms with Gasteiger partial charge in [0, 0.05) is 12.1 Å². The number of nitrogens with zero attached hydrogens (tertiary/aromatic N) is 1. The maximum absolute atomic E-state index is 12.2. The molecule has 0 radical (unpaired) electrons. The molecule has 0 saturated carbocycles. The molecule has 0 unspecified atom stereocenters. The fraction of sp³-hybridized carbons (Fsp3) is 0.188. The summed E-state index contributed by atoms with van der Waals surface area (Å²) in [5.41, 5.74) is 0.870. The van der Waals surface area contributed by atoms with Crippen LogP contribution in [0.3, 0.4) is 0 Å². The van der Waals surface area contributed by atoms with E-state index in [9.17, 15) is 14.9 Å². The molecule has 2 aromatic rings. The quantitative estimate of drug-likeness (QED) is 0.462. The van der Waals surface area contributed by atoms with Gasteiger partial charge in [0.25, 0.3) is 5.69 Å². The number of hydrogen-bond donors (Lipinski definition) is 0. The minimum atomic E-state index is -0.570. The number of methoxy groups -OCH3 is 2. The van der Waals surface area contributed by atoms with Gasteiger partial charge in [-0.2, -0.15) is 0 Å². The third-order valence-electron chi connectivity index (χ3n) is 3.14. The van der Waals surface area contributed by atoms with E-state index in [4.69, 9.17) is 14.2 Å². The minimum Gasteiger partial charge on any atom is -0.493 e. The predicted molar refractivity (Wildman–Crippen MR) is 81.8 cm³/mol. The molecular formula is C16H15NO6. The van der Waals surface area contributed by atoms with E-state index >= 15 is 0 Å². The summed E-state index contributed by atoms with van der Waals surface area (Å²) in [7, 11) is 2.91. The molecule has 120 valence electrons. The zero-order chi connectivity index (χ0) is 16.8. The molecule has 0 heterocycles. The molecule has 0 saturated heterocycles. The molecule has 7 heteroatoms. The Bertz CT molecular complexity index is 711. The van der Waals surface area contributed by atoms with Crippen LogP contribution in [-0.2, 0) is 11.3 Å². The zero-order valence-electron chi connectivity index (χ0n) is 12.6. The van der Waals surface area contributed by atoms with E-state index in [2.05, 4.69) is 0 Å². The van der Waals surface area contributed by atoms with Crippen molar-refractivity contribution in [2.24, 2.45) is 0 Å². The van der Waals surface area contributed by atoms with E-state index < -0.39 is 10.9 Å². The van der Waals surface area contributed by atoms with E-state index in [1.54, 1.807) is 18.2 Å². The highest BCUT2D eigenvalue weighted by Gasteiger charge is 2.17. The van der Waals surface area contributed by atoms with Crippen LogP contribution >= 0.6 is 0 Å². The van der Waals surface area contributed by atoms with Gasteiger partial charge in [0.05, 0.1) is 19.1 Å². The molecule has 0 bridgehead atoms. The van der Waals surface area contributed by atoms with Crippen molar-refractivity contribution in [3.05, 3.63) is 63.7 Å². The number of non-ortho nitro benzene ring substituents is 1. The monoisotopic (exact) mass is 317 g/mol. The Labute approximate surface area is 132 Å². The average Bonchev–Trinajstić information content (AvgIpc) is 2.59. The summed E-state index contributed by atoms with van der Waals surface area (Å²) < 4.78 is 15.5.